The molecule has 3 aliphatic rings. The number of methoxy groups -OCH3 is 1. The summed E-state index contributed by atoms with van der Waals surface area (Å²) in [7, 11) is 1.60. The van der Waals surface area contributed by atoms with Crippen LogP contribution in [0.15, 0.2) is 12.2 Å². The molecule has 0 N–H and O–H groups in total. The van der Waals surface area contributed by atoms with Gasteiger partial charge in [-0.3, -0.25) is 14.5 Å². The van der Waals surface area contributed by atoms with Gasteiger partial charge in [0.05, 0.1) is 33.0 Å². The van der Waals surface area contributed by atoms with Crippen molar-refractivity contribution in [2.75, 3.05) is 53.3 Å². The van der Waals surface area contributed by atoms with Crippen molar-refractivity contribution >= 4 is 11.9 Å². The van der Waals surface area contributed by atoms with Gasteiger partial charge in [0.2, 0.25) is 0 Å². The van der Waals surface area contributed by atoms with Crippen LogP contribution in [0.4, 0.5) is 0 Å². The van der Waals surface area contributed by atoms with E-state index < -0.39 is 18.3 Å². The Morgan fingerprint density at radius 2 is 1.78 bits per heavy atom. The van der Waals surface area contributed by atoms with E-state index in [1.807, 2.05) is 0 Å². The first kappa shape index (κ1) is 17.8. The van der Waals surface area contributed by atoms with Gasteiger partial charge in [-0.1, -0.05) is 0 Å². The van der Waals surface area contributed by atoms with Gasteiger partial charge in [-0.05, 0) is 12.2 Å². The molecule has 2 bridgehead atoms. The van der Waals surface area contributed by atoms with Gasteiger partial charge in [0, 0.05) is 7.11 Å². The molecule has 130 valence electrons. The second kappa shape index (κ2) is 9.58. The molecular formula is C14H21NO8. The van der Waals surface area contributed by atoms with E-state index in [1.54, 1.807) is 19.3 Å². The van der Waals surface area contributed by atoms with Crippen molar-refractivity contribution in [2.45, 2.75) is 12.3 Å². The molecule has 0 radical (unpaired) electrons. The molecule has 3 heterocycles. The first-order chi connectivity index (χ1) is 11.2. The van der Waals surface area contributed by atoms with E-state index in [2.05, 4.69) is 0 Å². The van der Waals surface area contributed by atoms with Gasteiger partial charge in [0.25, 0.3) is 5.91 Å². The maximum atomic E-state index is 11.9. The molecule has 3 aliphatic heterocycles. The smallest absolute Gasteiger partial charge is 0.325 e. The summed E-state index contributed by atoms with van der Waals surface area (Å²) in [6.07, 6.45) is 1.80. The van der Waals surface area contributed by atoms with Crippen LogP contribution >= 0.6 is 0 Å². The number of carbonyl (C=O) groups is 2. The van der Waals surface area contributed by atoms with E-state index in [0.717, 1.165) is 0 Å². The molecule has 0 saturated carbocycles. The number of carbonyl (C=O) groups excluding carboxylic acids is 2. The lowest BCUT2D eigenvalue weighted by molar-refractivity contribution is -0.374. The number of nitrogens with zero attached hydrogens (tertiary/aromatic N) is 1. The van der Waals surface area contributed by atoms with Gasteiger partial charge in [0.1, 0.15) is 13.2 Å². The highest BCUT2D eigenvalue weighted by molar-refractivity contribution is 5.88. The molecule has 0 aromatic heterocycles. The lowest BCUT2D eigenvalue weighted by atomic mass is 10.1. The molecular weight excluding hydrogens is 310 g/mol. The van der Waals surface area contributed by atoms with E-state index in [9.17, 15) is 9.59 Å². The highest BCUT2D eigenvalue weighted by Crippen LogP contribution is 2.22. The van der Waals surface area contributed by atoms with Gasteiger partial charge in [-0.15, -0.1) is 0 Å². The number of hydrogen-bond donors (Lipinski definition) is 0. The van der Waals surface area contributed by atoms with Gasteiger partial charge < -0.3 is 18.9 Å². The Balaban J connectivity index is 1.51. The van der Waals surface area contributed by atoms with Crippen LogP contribution in [0.25, 0.3) is 0 Å². The van der Waals surface area contributed by atoms with Crippen molar-refractivity contribution in [1.82, 2.24) is 4.90 Å². The van der Waals surface area contributed by atoms with E-state index in [1.165, 1.54) is 4.90 Å². The van der Waals surface area contributed by atoms with Crippen LogP contribution in [0.3, 0.4) is 0 Å². The summed E-state index contributed by atoms with van der Waals surface area (Å²) >= 11 is 0. The molecule has 2 atom stereocenters. The second-order valence-corrected chi connectivity index (χ2v) is 4.79. The second-order valence-electron chi connectivity index (χ2n) is 4.79. The Labute approximate surface area is 133 Å². The van der Waals surface area contributed by atoms with Gasteiger partial charge in [-0.25, -0.2) is 9.78 Å². The minimum atomic E-state index is -0.783. The molecule has 9 nitrogen and oxygen atoms in total. The summed E-state index contributed by atoms with van der Waals surface area (Å²) in [6, 6.07) is 0. The Hall–Kier alpha value is -1.52. The van der Waals surface area contributed by atoms with Crippen LogP contribution in [0.2, 0.25) is 0 Å². The van der Waals surface area contributed by atoms with E-state index in [-0.39, 0.29) is 25.7 Å². The third-order valence-electron chi connectivity index (χ3n) is 3.14. The fourth-order valence-electron chi connectivity index (χ4n) is 1.98. The fourth-order valence-corrected chi connectivity index (χ4v) is 1.98. The summed E-state index contributed by atoms with van der Waals surface area (Å²) in [5.41, 5.74) is 0. The molecule has 0 aromatic rings. The third kappa shape index (κ3) is 5.56. The number of amides is 1. The van der Waals surface area contributed by atoms with E-state index in [0.29, 0.717) is 26.4 Å². The molecule has 23 heavy (non-hydrogen) atoms. The Bertz CT molecular complexity index is 427. The predicted molar refractivity (Wildman–Crippen MR) is 75.1 cm³/mol. The summed E-state index contributed by atoms with van der Waals surface area (Å²) < 4.78 is 20.3. The number of ether oxygens (including phenoxy) is 4. The number of esters is 1. The van der Waals surface area contributed by atoms with Crippen molar-refractivity contribution in [3.8, 4) is 0 Å². The lowest BCUT2D eigenvalue weighted by Crippen LogP contribution is -2.56. The third-order valence-corrected chi connectivity index (χ3v) is 3.14. The Kier molecular flexibility index (Phi) is 7.43. The quantitative estimate of drug-likeness (QED) is 0.212. The van der Waals surface area contributed by atoms with E-state index >= 15 is 0 Å². The SMILES string of the molecule is COCCOCCOCCOC(=O)CN1C(=O)[C@H]2C=C[C@@H]1OO2. The highest BCUT2D eigenvalue weighted by Gasteiger charge is 2.40. The van der Waals surface area contributed by atoms with Crippen LogP contribution in [0.5, 0.6) is 0 Å². The first-order valence-corrected chi connectivity index (χ1v) is 7.33. The lowest BCUT2D eigenvalue weighted by Gasteiger charge is -2.38. The normalized spacial score (nSPS) is 22.7. The molecule has 0 aromatic carbocycles. The van der Waals surface area contributed by atoms with Gasteiger partial charge in [0.15, 0.2) is 12.3 Å². The number of fused-ring (bicyclic) bond motifs is 2. The Morgan fingerprint density at radius 3 is 2.39 bits per heavy atom. The number of hydrogen-bond acceptors (Lipinski definition) is 8. The van der Waals surface area contributed by atoms with Crippen molar-refractivity contribution in [2.24, 2.45) is 0 Å². The van der Waals surface area contributed by atoms with Crippen LogP contribution in [0, 0.1) is 0 Å². The van der Waals surface area contributed by atoms with Gasteiger partial charge >= 0.3 is 5.97 Å². The predicted octanol–water partition coefficient (Wildman–Crippen LogP) is -0.736. The molecule has 0 spiro atoms. The molecule has 1 saturated heterocycles. The van der Waals surface area contributed by atoms with Gasteiger partial charge in [-0.2, -0.15) is 0 Å². The minimum absolute atomic E-state index is 0.111. The fraction of sp³-hybridized carbons (Fsp3) is 0.714. The first-order valence-electron chi connectivity index (χ1n) is 7.33. The van der Waals surface area contributed by atoms with Crippen LogP contribution < -0.4 is 0 Å². The molecule has 0 aliphatic carbocycles. The largest absolute Gasteiger partial charge is 0.462 e. The average Bonchev–Trinajstić information content (AvgIpc) is 2.57. The maximum absolute atomic E-state index is 11.9. The standard InChI is InChI=1S/C14H21NO8/c1-18-4-5-19-6-7-20-8-9-21-13(16)10-15-12-3-2-11(14(15)17)22-23-12/h2-3,11-12H,4-10H2,1H3/t11-,12+/m1/s1. The monoisotopic (exact) mass is 331 g/mol. The van der Waals surface area contributed by atoms with Crippen molar-refractivity contribution in [3.63, 3.8) is 0 Å². The maximum Gasteiger partial charge on any atom is 0.325 e. The van der Waals surface area contributed by atoms with Crippen LogP contribution in [-0.4, -0.2) is 82.4 Å². The average molecular weight is 331 g/mol. The number of rotatable bonds is 11. The van der Waals surface area contributed by atoms with Crippen LogP contribution in [-0.2, 0) is 38.3 Å². The molecule has 1 fully saturated rings. The minimum Gasteiger partial charge on any atom is -0.462 e. The summed E-state index contributed by atoms with van der Waals surface area (Å²) in [5, 5.41) is 0. The zero-order valence-electron chi connectivity index (χ0n) is 13.0. The summed E-state index contributed by atoms with van der Waals surface area (Å²) in [6.45, 7) is 2.10. The summed E-state index contributed by atoms with van der Waals surface area (Å²) in [5.74, 6) is -0.840. The zero-order valence-corrected chi connectivity index (χ0v) is 13.0. The molecule has 0 unspecified atom stereocenters. The summed E-state index contributed by atoms with van der Waals surface area (Å²) in [4.78, 5) is 34.5. The zero-order chi connectivity index (χ0) is 16.5. The molecule has 9 heteroatoms. The topological polar surface area (TPSA) is 92.8 Å². The van der Waals surface area contributed by atoms with Crippen molar-refractivity contribution < 1.29 is 38.3 Å². The highest BCUT2D eigenvalue weighted by atomic mass is 17.2. The van der Waals surface area contributed by atoms with E-state index in [4.69, 9.17) is 28.7 Å². The Morgan fingerprint density at radius 1 is 1.09 bits per heavy atom. The van der Waals surface area contributed by atoms with Crippen LogP contribution in [0.1, 0.15) is 0 Å². The molecule has 3 rings (SSSR count). The molecule has 1 amide bonds. The van der Waals surface area contributed by atoms with Crippen molar-refractivity contribution in [1.29, 1.82) is 0 Å². The van der Waals surface area contributed by atoms with Crippen molar-refractivity contribution in [3.05, 3.63) is 12.2 Å².